The third-order valence-electron chi connectivity index (χ3n) is 8.89. The number of primary amides is 1. The molecule has 0 fully saturated rings. The van der Waals surface area contributed by atoms with Crippen LogP contribution in [0.15, 0.2) is 82.7 Å². The molecular weight excluding hydrogens is 749 g/mol. The number of allylic oxidation sites excluding steroid dienone is 3. The molecule has 1 atom stereocenters. The number of nitrogens with one attached hydrogen (secondary N) is 3. The summed E-state index contributed by atoms with van der Waals surface area (Å²) in [5, 5.41) is 9.85. The summed E-state index contributed by atoms with van der Waals surface area (Å²) >= 11 is 5.93. The van der Waals surface area contributed by atoms with Crippen molar-refractivity contribution in [3.8, 4) is 11.5 Å². The van der Waals surface area contributed by atoms with Crippen molar-refractivity contribution < 1.29 is 28.7 Å². The predicted octanol–water partition coefficient (Wildman–Crippen LogP) is 6.71. The molecule has 3 aromatic rings. The first-order chi connectivity index (χ1) is 26.8. The van der Waals surface area contributed by atoms with Crippen molar-refractivity contribution in [1.82, 2.24) is 20.9 Å². The number of hydrogen-bond donors (Lipinski definition) is 5. The molecule has 0 saturated carbocycles. The van der Waals surface area contributed by atoms with Gasteiger partial charge in [0.1, 0.15) is 0 Å². The standard InChI is InChI=1S/C41H49N5O5S2.CH3NO/c1-7-10-28-18-31-23-43-33-21-35(34(50-6)20-32(33)40(49)46(31)24-27(28)8-2)51-16-9-11-38(47)45-30(22-42-5)14-12-26-13-15-36-29(17-26)19-37(53-36)39(48)44-25-41(3,4)52;2-1-3/h7,10,12-15,17,19-23,31,42,52H,8-9,11,16,18,24-25H2,1-6H3,(H,44,48)(H,45,47);1H,(H2,2,3)/b10-7-,14-12+,30-22+;. The van der Waals surface area contributed by atoms with Crippen molar-refractivity contribution in [3.05, 3.63) is 93.7 Å². The molecule has 5 N–H and O–H groups in total. The van der Waals surface area contributed by atoms with Crippen LogP contribution in [0.5, 0.6) is 11.5 Å². The van der Waals surface area contributed by atoms with Gasteiger partial charge in [-0.2, -0.15) is 12.6 Å². The molecule has 12 nitrogen and oxygen atoms in total. The molecule has 5 rings (SSSR count). The predicted molar refractivity (Wildman–Crippen MR) is 229 cm³/mol. The third kappa shape index (κ3) is 11.8. The fourth-order valence-corrected chi connectivity index (χ4v) is 7.21. The molecule has 0 bridgehead atoms. The van der Waals surface area contributed by atoms with E-state index < -0.39 is 0 Å². The van der Waals surface area contributed by atoms with Gasteiger partial charge in [-0.15, -0.1) is 11.3 Å². The molecule has 2 aromatic carbocycles. The van der Waals surface area contributed by atoms with Gasteiger partial charge in [0.25, 0.3) is 11.8 Å². The minimum atomic E-state index is -0.297. The maximum Gasteiger partial charge on any atom is 0.261 e. The van der Waals surface area contributed by atoms with Gasteiger partial charge in [-0.05, 0) is 92.5 Å². The largest absolute Gasteiger partial charge is 0.493 e. The fourth-order valence-electron chi connectivity index (χ4n) is 6.17. The Labute approximate surface area is 338 Å². The van der Waals surface area contributed by atoms with Crippen LogP contribution >= 0.6 is 24.0 Å². The van der Waals surface area contributed by atoms with E-state index in [1.54, 1.807) is 32.5 Å². The summed E-state index contributed by atoms with van der Waals surface area (Å²) in [6.45, 7) is 9.33. The highest BCUT2D eigenvalue weighted by atomic mass is 32.1. The van der Waals surface area contributed by atoms with Crippen molar-refractivity contribution in [1.29, 1.82) is 0 Å². The highest BCUT2D eigenvalue weighted by molar-refractivity contribution is 7.81. The van der Waals surface area contributed by atoms with Gasteiger partial charge in [0, 0.05) is 54.5 Å². The quantitative estimate of drug-likeness (QED) is 0.0494. The van der Waals surface area contributed by atoms with Gasteiger partial charge in [0.2, 0.25) is 12.3 Å². The van der Waals surface area contributed by atoms with E-state index in [1.807, 2.05) is 74.4 Å². The number of rotatable bonds is 15. The molecule has 2 aliphatic heterocycles. The fraction of sp³-hybridized carbons (Fsp3) is 0.357. The topological polar surface area (TPSA) is 164 Å². The molecule has 0 saturated heterocycles. The molecule has 14 heteroatoms. The summed E-state index contributed by atoms with van der Waals surface area (Å²) in [5.41, 5.74) is 9.23. The summed E-state index contributed by atoms with van der Waals surface area (Å²) in [6.07, 6.45) is 14.0. The van der Waals surface area contributed by atoms with Crippen molar-refractivity contribution in [3.63, 3.8) is 0 Å². The number of carbonyl (C=O) groups excluding carboxylic acids is 4. The van der Waals surface area contributed by atoms with E-state index in [9.17, 15) is 14.4 Å². The summed E-state index contributed by atoms with van der Waals surface area (Å²) in [4.78, 5) is 55.1. The molecule has 0 aliphatic carbocycles. The molecule has 298 valence electrons. The van der Waals surface area contributed by atoms with Crippen LogP contribution in [0, 0.1) is 0 Å². The van der Waals surface area contributed by atoms with E-state index in [2.05, 4.69) is 47.3 Å². The number of ether oxygens (including phenoxy) is 2. The lowest BCUT2D eigenvalue weighted by Crippen LogP contribution is -2.44. The molecule has 0 radical (unpaired) electrons. The number of nitrogens with zero attached hydrogens (tertiary/aromatic N) is 2. The van der Waals surface area contributed by atoms with Crippen LogP contribution in [0.2, 0.25) is 0 Å². The van der Waals surface area contributed by atoms with E-state index in [0.29, 0.717) is 52.8 Å². The summed E-state index contributed by atoms with van der Waals surface area (Å²) in [5.74, 6) is 0.554. The molecule has 2 aliphatic rings. The maximum absolute atomic E-state index is 13.7. The number of thiol groups is 1. The maximum atomic E-state index is 13.7. The normalized spacial score (nSPS) is 15.6. The smallest absolute Gasteiger partial charge is 0.261 e. The zero-order valence-corrected chi connectivity index (χ0v) is 34.5. The second-order valence-corrected chi connectivity index (χ2v) is 16.0. The lowest BCUT2D eigenvalue weighted by atomic mass is 9.92. The highest BCUT2D eigenvalue weighted by Gasteiger charge is 2.33. The van der Waals surface area contributed by atoms with Crippen molar-refractivity contribution >= 4 is 76.2 Å². The van der Waals surface area contributed by atoms with E-state index in [-0.39, 0.29) is 47.9 Å². The number of hydrogen-bond acceptors (Lipinski definition) is 10. The van der Waals surface area contributed by atoms with Crippen LogP contribution in [0.1, 0.15) is 79.0 Å². The summed E-state index contributed by atoms with van der Waals surface area (Å²) < 4.78 is 12.4. The molecule has 0 spiro atoms. The van der Waals surface area contributed by atoms with Gasteiger partial charge in [0.05, 0.1) is 41.6 Å². The number of thiophene rings is 1. The first kappa shape index (κ1) is 43.4. The Morgan fingerprint density at radius 2 is 1.93 bits per heavy atom. The van der Waals surface area contributed by atoms with Gasteiger partial charge in [0.15, 0.2) is 11.5 Å². The number of aliphatic imine (C=N–C) groups is 1. The molecule has 1 aromatic heterocycles. The molecule has 4 amide bonds. The van der Waals surface area contributed by atoms with E-state index >= 15 is 0 Å². The Hall–Kier alpha value is -5.34. The van der Waals surface area contributed by atoms with Gasteiger partial charge in [-0.3, -0.25) is 24.2 Å². The molecule has 56 heavy (non-hydrogen) atoms. The molecule has 3 heterocycles. The van der Waals surface area contributed by atoms with Crippen LogP contribution in [0.3, 0.4) is 0 Å². The number of nitrogens with two attached hydrogens (primary N) is 1. The van der Waals surface area contributed by atoms with Crippen LogP contribution < -0.4 is 31.2 Å². The van der Waals surface area contributed by atoms with E-state index in [0.717, 1.165) is 28.5 Å². The molecule has 1 unspecified atom stereocenters. The van der Waals surface area contributed by atoms with E-state index in [4.69, 9.17) is 19.3 Å². The lowest BCUT2D eigenvalue weighted by Gasteiger charge is -2.35. The minimum Gasteiger partial charge on any atom is -0.493 e. The number of carbonyl (C=O) groups is 4. The van der Waals surface area contributed by atoms with Gasteiger partial charge < -0.3 is 36.1 Å². The van der Waals surface area contributed by atoms with E-state index in [1.165, 1.54) is 22.5 Å². The van der Waals surface area contributed by atoms with Crippen LogP contribution in [0.25, 0.3) is 16.2 Å². The Bertz CT molecular complexity index is 2060. The summed E-state index contributed by atoms with van der Waals surface area (Å²) in [7, 11) is 3.31. The second kappa shape index (κ2) is 20.5. The lowest BCUT2D eigenvalue weighted by molar-refractivity contribution is -0.120. The Morgan fingerprint density at radius 1 is 1.16 bits per heavy atom. The summed E-state index contributed by atoms with van der Waals surface area (Å²) in [6, 6.07) is 11.2. The molecular formula is C42H52N6O6S2. The highest BCUT2D eigenvalue weighted by Crippen LogP contribution is 2.39. The first-order valence-corrected chi connectivity index (χ1v) is 19.7. The average molecular weight is 801 g/mol. The van der Waals surface area contributed by atoms with Crippen molar-refractivity contribution in [2.75, 3.05) is 33.9 Å². The first-order valence-electron chi connectivity index (χ1n) is 18.4. The zero-order valence-electron chi connectivity index (χ0n) is 32.8. The van der Waals surface area contributed by atoms with Crippen LogP contribution in [-0.2, 0) is 9.59 Å². The van der Waals surface area contributed by atoms with Gasteiger partial charge in [-0.1, -0.05) is 31.2 Å². The van der Waals surface area contributed by atoms with Crippen LogP contribution in [-0.4, -0.2) is 79.9 Å². The zero-order chi connectivity index (χ0) is 40.8. The Kier molecular flexibility index (Phi) is 15.9. The SMILES string of the molecule is C/C=C\C1=C(CC)CN2C(=O)c3cc(OC)c(OCCCC(=O)NC(/C=C/c4ccc5sc(C(=O)NCC(C)(C)S)cc5c4)=C/NC)cc3N=CC2C1.NC=O. The van der Waals surface area contributed by atoms with Gasteiger partial charge in [-0.25, -0.2) is 0 Å². The number of fused-ring (bicyclic) bond motifs is 3. The van der Waals surface area contributed by atoms with Gasteiger partial charge >= 0.3 is 0 Å². The van der Waals surface area contributed by atoms with Crippen LogP contribution in [0.4, 0.5) is 5.69 Å². The number of benzene rings is 2. The Balaban J connectivity index is 0.00000225. The monoisotopic (exact) mass is 800 g/mol. The third-order valence-corrected chi connectivity index (χ3v) is 10.2. The Morgan fingerprint density at radius 3 is 2.61 bits per heavy atom. The van der Waals surface area contributed by atoms with Crippen molar-refractivity contribution in [2.45, 2.75) is 64.2 Å². The average Bonchev–Trinajstić information content (AvgIpc) is 3.55. The number of methoxy groups -OCH3 is 1. The number of amides is 4. The minimum absolute atomic E-state index is 0.0797. The van der Waals surface area contributed by atoms with Crippen molar-refractivity contribution in [2.24, 2.45) is 10.7 Å². The second-order valence-electron chi connectivity index (χ2n) is 13.7.